The maximum absolute atomic E-state index is 13.7. The van der Waals surface area contributed by atoms with Gasteiger partial charge in [0.1, 0.15) is 5.82 Å². The van der Waals surface area contributed by atoms with Gasteiger partial charge in [-0.3, -0.25) is 0 Å². The number of sulfonamides is 1. The molecule has 0 bridgehead atoms. The summed E-state index contributed by atoms with van der Waals surface area (Å²) in [6.45, 7) is 1.93. The number of hydrogen-bond acceptors (Lipinski definition) is 4. The van der Waals surface area contributed by atoms with Gasteiger partial charge in [0.05, 0.1) is 4.90 Å². The van der Waals surface area contributed by atoms with Crippen molar-refractivity contribution in [3.05, 3.63) is 29.1 Å². The highest BCUT2D eigenvalue weighted by Gasteiger charge is 2.19. The summed E-state index contributed by atoms with van der Waals surface area (Å²) in [5.41, 5.74) is 6.06. The van der Waals surface area contributed by atoms with Crippen molar-refractivity contribution in [2.24, 2.45) is 5.73 Å². The molecule has 120 valence electrons. The molecule has 0 aliphatic carbocycles. The van der Waals surface area contributed by atoms with Gasteiger partial charge in [-0.05, 0) is 49.5 Å². The van der Waals surface area contributed by atoms with Gasteiger partial charge in [0.2, 0.25) is 10.0 Å². The predicted molar refractivity (Wildman–Crippen MR) is 86.4 cm³/mol. The molecule has 0 heterocycles. The Morgan fingerprint density at radius 2 is 2.00 bits per heavy atom. The lowest BCUT2D eigenvalue weighted by Gasteiger charge is -2.11. The van der Waals surface area contributed by atoms with E-state index in [-0.39, 0.29) is 17.0 Å². The molecule has 0 aliphatic rings. The van der Waals surface area contributed by atoms with E-state index in [2.05, 4.69) is 4.72 Å². The molecule has 4 nitrogen and oxygen atoms in total. The SMILES string of the molecule is CSCCCCCNS(=O)(=O)c1cc(CN)cc(F)c1C. The second-order valence-corrected chi connectivity index (χ2v) is 7.58. The van der Waals surface area contributed by atoms with E-state index in [9.17, 15) is 12.8 Å². The van der Waals surface area contributed by atoms with Crippen molar-refractivity contribution in [3.8, 4) is 0 Å². The van der Waals surface area contributed by atoms with Crippen LogP contribution in [-0.2, 0) is 16.6 Å². The summed E-state index contributed by atoms with van der Waals surface area (Å²) >= 11 is 1.78. The lowest BCUT2D eigenvalue weighted by Crippen LogP contribution is -2.26. The highest BCUT2D eigenvalue weighted by Crippen LogP contribution is 2.20. The van der Waals surface area contributed by atoms with Crippen molar-refractivity contribution in [2.45, 2.75) is 37.6 Å². The molecule has 0 amide bonds. The van der Waals surface area contributed by atoms with Gasteiger partial charge in [0.25, 0.3) is 0 Å². The third kappa shape index (κ3) is 5.58. The summed E-state index contributed by atoms with van der Waals surface area (Å²) in [6.07, 6.45) is 4.86. The first kappa shape index (κ1) is 18.4. The first-order valence-electron chi connectivity index (χ1n) is 6.90. The zero-order valence-corrected chi connectivity index (χ0v) is 14.1. The number of thioether (sulfide) groups is 1. The number of nitrogens with one attached hydrogen (secondary N) is 1. The summed E-state index contributed by atoms with van der Waals surface area (Å²) in [6, 6.07) is 2.71. The first-order valence-corrected chi connectivity index (χ1v) is 9.77. The van der Waals surface area contributed by atoms with Crippen molar-refractivity contribution in [3.63, 3.8) is 0 Å². The summed E-state index contributed by atoms with van der Waals surface area (Å²) in [5, 5.41) is 0. The second-order valence-electron chi connectivity index (χ2n) is 4.86. The topological polar surface area (TPSA) is 72.2 Å². The highest BCUT2D eigenvalue weighted by atomic mass is 32.2. The van der Waals surface area contributed by atoms with Crippen molar-refractivity contribution in [1.29, 1.82) is 0 Å². The normalized spacial score (nSPS) is 11.8. The molecule has 1 aromatic carbocycles. The molecule has 0 spiro atoms. The third-order valence-corrected chi connectivity index (χ3v) is 5.48. The molecule has 1 aromatic rings. The van der Waals surface area contributed by atoms with Gasteiger partial charge in [-0.25, -0.2) is 17.5 Å². The van der Waals surface area contributed by atoms with Crippen molar-refractivity contribution in [1.82, 2.24) is 4.72 Å². The second kappa shape index (κ2) is 8.73. The molecule has 0 aromatic heterocycles. The maximum atomic E-state index is 13.7. The average molecular weight is 334 g/mol. The van der Waals surface area contributed by atoms with Crippen LogP contribution in [0.5, 0.6) is 0 Å². The Morgan fingerprint density at radius 1 is 1.29 bits per heavy atom. The van der Waals surface area contributed by atoms with Gasteiger partial charge in [-0.2, -0.15) is 11.8 Å². The van der Waals surface area contributed by atoms with E-state index >= 15 is 0 Å². The van der Waals surface area contributed by atoms with Crippen LogP contribution in [0.2, 0.25) is 0 Å². The van der Waals surface area contributed by atoms with Gasteiger partial charge < -0.3 is 5.73 Å². The lowest BCUT2D eigenvalue weighted by molar-refractivity contribution is 0.569. The zero-order chi connectivity index (χ0) is 15.9. The number of unbranched alkanes of at least 4 members (excludes halogenated alkanes) is 2. The Bertz CT molecular complexity index is 562. The summed E-state index contributed by atoms with van der Waals surface area (Å²) < 4.78 is 40.7. The molecule has 0 radical (unpaired) electrons. The van der Waals surface area contributed by atoms with Crippen LogP contribution in [0.15, 0.2) is 17.0 Å². The number of halogens is 1. The van der Waals surface area contributed by atoms with Gasteiger partial charge in [0.15, 0.2) is 0 Å². The Hall–Kier alpha value is -0.630. The van der Waals surface area contributed by atoms with E-state index < -0.39 is 15.8 Å². The molecular formula is C14H23FN2O2S2. The Kier molecular flexibility index (Phi) is 7.65. The first-order chi connectivity index (χ1) is 9.92. The monoisotopic (exact) mass is 334 g/mol. The van der Waals surface area contributed by atoms with Crippen LogP contribution in [0, 0.1) is 12.7 Å². The van der Waals surface area contributed by atoms with Crippen LogP contribution >= 0.6 is 11.8 Å². The Balaban J connectivity index is 2.72. The predicted octanol–water partition coefficient (Wildman–Crippen LogP) is 2.40. The van der Waals surface area contributed by atoms with Gasteiger partial charge in [-0.1, -0.05) is 6.42 Å². The van der Waals surface area contributed by atoms with Gasteiger partial charge >= 0.3 is 0 Å². The summed E-state index contributed by atoms with van der Waals surface area (Å²) in [4.78, 5) is -0.0212. The van der Waals surface area contributed by atoms with E-state index in [4.69, 9.17) is 5.73 Å². The van der Waals surface area contributed by atoms with Crippen molar-refractivity contribution >= 4 is 21.8 Å². The van der Waals surface area contributed by atoms with E-state index in [1.54, 1.807) is 11.8 Å². The highest BCUT2D eigenvalue weighted by molar-refractivity contribution is 7.98. The minimum atomic E-state index is -3.69. The van der Waals surface area contributed by atoms with Gasteiger partial charge in [0, 0.05) is 18.7 Å². The molecule has 0 unspecified atom stereocenters. The van der Waals surface area contributed by atoms with Crippen LogP contribution in [-0.4, -0.2) is 27.0 Å². The average Bonchev–Trinajstić information content (AvgIpc) is 2.45. The molecule has 0 saturated heterocycles. The Labute approximate surface area is 130 Å². The molecule has 21 heavy (non-hydrogen) atoms. The molecule has 7 heteroatoms. The third-order valence-electron chi connectivity index (χ3n) is 3.20. The fourth-order valence-corrected chi connectivity index (χ4v) is 3.80. The fraction of sp³-hybridized carbons (Fsp3) is 0.571. The zero-order valence-electron chi connectivity index (χ0n) is 12.5. The van der Waals surface area contributed by atoms with E-state index in [0.717, 1.165) is 25.0 Å². The quantitative estimate of drug-likeness (QED) is 0.680. The van der Waals surface area contributed by atoms with Crippen LogP contribution in [0.3, 0.4) is 0 Å². The molecule has 0 saturated carbocycles. The molecular weight excluding hydrogens is 311 g/mol. The number of nitrogens with two attached hydrogens (primary N) is 1. The van der Waals surface area contributed by atoms with Crippen LogP contribution in [0.25, 0.3) is 0 Å². The Morgan fingerprint density at radius 3 is 2.62 bits per heavy atom. The maximum Gasteiger partial charge on any atom is 0.240 e. The smallest absolute Gasteiger partial charge is 0.240 e. The van der Waals surface area contributed by atoms with E-state index in [0.29, 0.717) is 12.1 Å². The molecule has 0 aliphatic heterocycles. The molecule has 0 atom stereocenters. The van der Waals surface area contributed by atoms with Crippen molar-refractivity contribution < 1.29 is 12.8 Å². The van der Waals surface area contributed by atoms with Gasteiger partial charge in [-0.15, -0.1) is 0 Å². The number of benzene rings is 1. The summed E-state index contributed by atoms with van der Waals surface area (Å²) in [5.74, 6) is 0.536. The van der Waals surface area contributed by atoms with Crippen LogP contribution in [0.4, 0.5) is 4.39 Å². The minimum Gasteiger partial charge on any atom is -0.326 e. The lowest BCUT2D eigenvalue weighted by atomic mass is 10.1. The van der Waals surface area contributed by atoms with Crippen LogP contribution < -0.4 is 10.5 Å². The largest absolute Gasteiger partial charge is 0.326 e. The molecule has 3 N–H and O–H groups in total. The van der Waals surface area contributed by atoms with Crippen LogP contribution in [0.1, 0.15) is 30.4 Å². The number of rotatable bonds is 9. The van der Waals surface area contributed by atoms with E-state index in [1.165, 1.54) is 19.1 Å². The summed E-state index contributed by atoms with van der Waals surface area (Å²) in [7, 11) is -3.69. The van der Waals surface area contributed by atoms with Crippen molar-refractivity contribution in [2.75, 3.05) is 18.6 Å². The standard InChI is InChI=1S/C14H23FN2O2S2/c1-11-13(15)8-12(10-16)9-14(11)21(18,19)17-6-4-3-5-7-20-2/h8-9,17H,3-7,10,16H2,1-2H3. The number of hydrogen-bond donors (Lipinski definition) is 2. The van der Waals surface area contributed by atoms with E-state index in [1.807, 2.05) is 6.26 Å². The molecule has 0 fully saturated rings. The fourth-order valence-electron chi connectivity index (χ4n) is 1.94. The molecule has 1 rings (SSSR count). The minimum absolute atomic E-state index is 0.0212.